The van der Waals surface area contributed by atoms with Gasteiger partial charge in [-0.25, -0.2) is 0 Å². The predicted octanol–water partition coefficient (Wildman–Crippen LogP) is 1.69. The second kappa shape index (κ2) is 3.30. The molecule has 0 aliphatic carbocycles. The van der Waals surface area contributed by atoms with Gasteiger partial charge >= 0.3 is 0 Å². The van der Waals surface area contributed by atoms with E-state index >= 15 is 0 Å². The summed E-state index contributed by atoms with van der Waals surface area (Å²) in [6.45, 7) is 7.68. The van der Waals surface area contributed by atoms with E-state index in [4.69, 9.17) is 0 Å². The molecule has 0 unspecified atom stereocenters. The van der Waals surface area contributed by atoms with Gasteiger partial charge in [-0.2, -0.15) is 0 Å². The zero-order chi connectivity index (χ0) is 6.57. The third-order valence-electron chi connectivity index (χ3n) is 1.27. The molecule has 0 saturated carbocycles. The molecule has 0 aromatic rings. The van der Waals surface area contributed by atoms with E-state index in [0.717, 1.165) is 0 Å². The first-order valence-corrected chi connectivity index (χ1v) is 2.70. The molecule has 0 aliphatic rings. The Bertz CT molecular complexity index is 112. The molecule has 46 valence electrons. The summed E-state index contributed by atoms with van der Waals surface area (Å²) in [4.78, 5) is 0. The van der Waals surface area contributed by atoms with Gasteiger partial charge in [-0.15, -0.1) is 0 Å². The molecule has 0 saturated heterocycles. The Kier molecular flexibility index (Phi) is 3.01. The Balaban J connectivity index is 4.03. The van der Waals surface area contributed by atoms with Crippen LogP contribution in [0.15, 0.2) is 23.9 Å². The van der Waals surface area contributed by atoms with Crippen LogP contribution in [0.3, 0.4) is 0 Å². The first kappa shape index (κ1) is 7.28. The normalized spacial score (nSPS) is 12.4. The molecule has 0 aliphatic heterocycles. The van der Waals surface area contributed by atoms with Crippen LogP contribution in [0.1, 0.15) is 13.8 Å². The molecule has 0 aromatic carbocycles. The van der Waals surface area contributed by atoms with Gasteiger partial charge in [0.1, 0.15) is 0 Å². The summed E-state index contributed by atoms with van der Waals surface area (Å²) in [5, 5.41) is 3.02. The van der Waals surface area contributed by atoms with E-state index < -0.39 is 0 Å². The van der Waals surface area contributed by atoms with Gasteiger partial charge in [-0.05, 0) is 19.4 Å². The van der Waals surface area contributed by atoms with E-state index in [1.165, 1.54) is 11.3 Å². The lowest BCUT2D eigenvalue weighted by Crippen LogP contribution is -2.02. The average Bonchev–Trinajstić information content (AvgIpc) is 1.84. The summed E-state index contributed by atoms with van der Waals surface area (Å²) in [6, 6.07) is 0. The summed E-state index contributed by atoms with van der Waals surface area (Å²) in [7, 11) is 1.91. The van der Waals surface area contributed by atoms with Crippen LogP contribution in [0.5, 0.6) is 0 Å². The third kappa shape index (κ3) is 1.82. The minimum absolute atomic E-state index is 1.18. The Morgan fingerprint density at radius 3 is 2.12 bits per heavy atom. The van der Waals surface area contributed by atoms with Crippen molar-refractivity contribution >= 4 is 0 Å². The van der Waals surface area contributed by atoms with Crippen molar-refractivity contribution in [3.8, 4) is 0 Å². The molecule has 0 amide bonds. The Morgan fingerprint density at radius 1 is 1.50 bits per heavy atom. The van der Waals surface area contributed by atoms with Crippen LogP contribution < -0.4 is 5.32 Å². The Morgan fingerprint density at radius 2 is 2.00 bits per heavy atom. The molecule has 1 heteroatoms. The smallest absolute Gasteiger partial charge is 0.0102 e. The van der Waals surface area contributed by atoms with Crippen molar-refractivity contribution in [3.63, 3.8) is 0 Å². The minimum Gasteiger partial charge on any atom is -0.391 e. The zero-order valence-corrected chi connectivity index (χ0v) is 5.78. The molecule has 0 bridgehead atoms. The van der Waals surface area contributed by atoms with Crippen molar-refractivity contribution in [2.24, 2.45) is 0 Å². The standard InChI is InChI=1S/C7H13N/c1-5-6(2)7(3)8-4/h5,8H,1H2,2-4H3/b7-6-. The van der Waals surface area contributed by atoms with E-state index in [2.05, 4.69) is 11.9 Å². The second-order valence-corrected chi connectivity index (χ2v) is 1.76. The zero-order valence-electron chi connectivity index (χ0n) is 5.78. The first-order valence-electron chi connectivity index (χ1n) is 2.70. The van der Waals surface area contributed by atoms with Crippen LogP contribution in [-0.2, 0) is 0 Å². The summed E-state index contributed by atoms with van der Waals surface area (Å²) in [5.41, 5.74) is 2.38. The number of rotatable bonds is 2. The van der Waals surface area contributed by atoms with Gasteiger partial charge < -0.3 is 5.32 Å². The molecule has 1 N–H and O–H groups in total. The van der Waals surface area contributed by atoms with Crippen LogP contribution in [0.25, 0.3) is 0 Å². The number of nitrogens with one attached hydrogen (secondary N) is 1. The number of allylic oxidation sites excluding steroid dienone is 3. The third-order valence-corrected chi connectivity index (χ3v) is 1.27. The second-order valence-electron chi connectivity index (χ2n) is 1.76. The fourth-order valence-corrected chi connectivity index (χ4v) is 0.350. The highest BCUT2D eigenvalue weighted by Gasteiger charge is 1.84. The van der Waals surface area contributed by atoms with Gasteiger partial charge in [0.25, 0.3) is 0 Å². The van der Waals surface area contributed by atoms with Crippen LogP contribution in [0, 0.1) is 0 Å². The maximum Gasteiger partial charge on any atom is 0.0102 e. The van der Waals surface area contributed by atoms with Gasteiger partial charge in [0.05, 0.1) is 0 Å². The number of hydrogen-bond acceptors (Lipinski definition) is 1. The van der Waals surface area contributed by atoms with Crippen LogP contribution >= 0.6 is 0 Å². The Labute approximate surface area is 51.1 Å². The maximum atomic E-state index is 3.63. The van der Waals surface area contributed by atoms with Crippen molar-refractivity contribution < 1.29 is 0 Å². The quantitative estimate of drug-likeness (QED) is 0.535. The summed E-state index contributed by atoms with van der Waals surface area (Å²) < 4.78 is 0. The minimum atomic E-state index is 1.18. The van der Waals surface area contributed by atoms with Crippen LogP contribution in [0.4, 0.5) is 0 Å². The summed E-state index contributed by atoms with van der Waals surface area (Å²) >= 11 is 0. The van der Waals surface area contributed by atoms with Gasteiger partial charge in [-0.3, -0.25) is 0 Å². The molecule has 0 fully saturated rings. The molecule has 1 nitrogen and oxygen atoms in total. The van der Waals surface area contributed by atoms with Gasteiger partial charge in [0.2, 0.25) is 0 Å². The van der Waals surface area contributed by atoms with Crippen molar-refractivity contribution in [1.82, 2.24) is 5.32 Å². The van der Waals surface area contributed by atoms with Crippen molar-refractivity contribution in [1.29, 1.82) is 0 Å². The van der Waals surface area contributed by atoms with Crippen molar-refractivity contribution in [3.05, 3.63) is 23.9 Å². The maximum absolute atomic E-state index is 3.63. The van der Waals surface area contributed by atoms with Crippen LogP contribution in [0.2, 0.25) is 0 Å². The summed E-state index contributed by atoms with van der Waals surface area (Å²) in [6.07, 6.45) is 1.84. The van der Waals surface area contributed by atoms with Gasteiger partial charge in [0, 0.05) is 12.7 Å². The van der Waals surface area contributed by atoms with E-state index in [1.807, 2.05) is 27.0 Å². The summed E-state index contributed by atoms with van der Waals surface area (Å²) in [5.74, 6) is 0. The predicted molar refractivity (Wildman–Crippen MR) is 37.6 cm³/mol. The molecular formula is C7H13N. The molecular weight excluding hydrogens is 98.1 g/mol. The average molecular weight is 111 g/mol. The first-order chi connectivity index (χ1) is 3.72. The SMILES string of the molecule is C=C/C(C)=C(/C)NC. The lowest BCUT2D eigenvalue weighted by atomic mass is 10.2. The van der Waals surface area contributed by atoms with Crippen LogP contribution in [-0.4, -0.2) is 7.05 Å². The lowest BCUT2D eigenvalue weighted by molar-refractivity contribution is 0.969. The highest BCUT2D eigenvalue weighted by molar-refractivity contribution is 5.18. The molecule has 0 spiro atoms. The van der Waals surface area contributed by atoms with E-state index in [9.17, 15) is 0 Å². The highest BCUT2D eigenvalue weighted by atomic mass is 14.8. The monoisotopic (exact) mass is 111 g/mol. The van der Waals surface area contributed by atoms with Gasteiger partial charge in [-0.1, -0.05) is 12.7 Å². The lowest BCUT2D eigenvalue weighted by Gasteiger charge is -1.99. The van der Waals surface area contributed by atoms with E-state index in [-0.39, 0.29) is 0 Å². The molecule has 0 heterocycles. The highest BCUT2D eigenvalue weighted by Crippen LogP contribution is 1.97. The largest absolute Gasteiger partial charge is 0.391 e. The van der Waals surface area contributed by atoms with E-state index in [1.54, 1.807) is 0 Å². The van der Waals surface area contributed by atoms with Gasteiger partial charge in [0.15, 0.2) is 0 Å². The molecule has 0 radical (unpaired) electrons. The number of hydrogen-bond donors (Lipinski definition) is 1. The fourth-order valence-electron chi connectivity index (χ4n) is 0.350. The van der Waals surface area contributed by atoms with Crippen molar-refractivity contribution in [2.45, 2.75) is 13.8 Å². The van der Waals surface area contributed by atoms with E-state index in [0.29, 0.717) is 0 Å². The molecule has 0 aromatic heterocycles. The molecule has 0 atom stereocenters. The van der Waals surface area contributed by atoms with Crippen molar-refractivity contribution in [2.75, 3.05) is 7.05 Å². The molecule has 8 heavy (non-hydrogen) atoms. The molecule has 0 rings (SSSR count). The topological polar surface area (TPSA) is 12.0 Å². The fraction of sp³-hybridized carbons (Fsp3) is 0.429. The Hall–Kier alpha value is -0.720.